The summed E-state index contributed by atoms with van der Waals surface area (Å²) in [5.41, 5.74) is 0.520. The van der Waals surface area contributed by atoms with Crippen molar-refractivity contribution >= 4 is 35.4 Å². The Kier molecular flexibility index (Phi) is 5.83. The van der Waals surface area contributed by atoms with E-state index < -0.39 is 24.5 Å². The first kappa shape index (κ1) is 18.1. The highest BCUT2D eigenvalue weighted by Gasteiger charge is 2.30. The summed E-state index contributed by atoms with van der Waals surface area (Å²) >= 11 is 0. The Balaban J connectivity index is 1.90. The third kappa shape index (κ3) is 4.63. The van der Waals surface area contributed by atoms with Crippen molar-refractivity contribution in [2.24, 2.45) is 0 Å². The average Bonchev–Trinajstić information content (AvgIpc) is 2.91. The van der Waals surface area contributed by atoms with E-state index in [4.69, 9.17) is 4.74 Å². The maximum Gasteiger partial charge on any atom is 0.338 e. The third-order valence-electron chi connectivity index (χ3n) is 3.34. The average molecular weight is 347 g/mol. The molecule has 0 atom stereocenters. The molecule has 25 heavy (non-hydrogen) atoms. The Hall–Kier alpha value is -3.23. The number of anilines is 1. The minimum atomic E-state index is -0.767. The zero-order valence-corrected chi connectivity index (χ0v) is 13.5. The van der Waals surface area contributed by atoms with Crippen LogP contribution in [-0.2, 0) is 19.1 Å². The van der Waals surface area contributed by atoms with Crippen LogP contribution in [-0.4, -0.2) is 42.9 Å². The standard InChI is InChI=1S/C16H17N3O6/c1-2-17-16(24)18-12(20)9-25-15(23)10-3-5-11(6-4-10)19-13(21)7-8-14(19)22/h3-6H,2,7-9H2,1H3,(H2,17,18,20,24). The number of carbonyl (C=O) groups is 5. The molecule has 0 unspecified atom stereocenters. The van der Waals surface area contributed by atoms with E-state index in [0.29, 0.717) is 12.2 Å². The lowest BCUT2D eigenvalue weighted by Crippen LogP contribution is -2.41. The number of nitrogens with one attached hydrogen (secondary N) is 2. The highest BCUT2D eigenvalue weighted by atomic mass is 16.5. The molecule has 1 aliphatic heterocycles. The van der Waals surface area contributed by atoms with Crippen LogP contribution < -0.4 is 15.5 Å². The molecule has 0 aliphatic carbocycles. The number of nitrogens with zero attached hydrogens (tertiary/aromatic N) is 1. The second-order valence-corrected chi connectivity index (χ2v) is 5.15. The number of amides is 5. The van der Waals surface area contributed by atoms with Crippen LogP contribution in [0, 0.1) is 0 Å². The van der Waals surface area contributed by atoms with Crippen LogP contribution in [0.4, 0.5) is 10.5 Å². The normalized spacial score (nSPS) is 13.6. The van der Waals surface area contributed by atoms with Gasteiger partial charge in [-0.15, -0.1) is 0 Å². The molecule has 0 spiro atoms. The van der Waals surface area contributed by atoms with Gasteiger partial charge in [0.1, 0.15) is 0 Å². The molecule has 0 radical (unpaired) electrons. The second-order valence-electron chi connectivity index (χ2n) is 5.15. The van der Waals surface area contributed by atoms with Crippen LogP contribution in [0.2, 0.25) is 0 Å². The molecule has 1 heterocycles. The smallest absolute Gasteiger partial charge is 0.338 e. The van der Waals surface area contributed by atoms with Crippen molar-refractivity contribution in [3.05, 3.63) is 29.8 Å². The molecule has 1 aliphatic rings. The number of ether oxygens (including phenoxy) is 1. The van der Waals surface area contributed by atoms with Gasteiger partial charge in [-0.25, -0.2) is 9.59 Å². The largest absolute Gasteiger partial charge is 0.452 e. The van der Waals surface area contributed by atoms with Crippen molar-refractivity contribution in [1.29, 1.82) is 0 Å². The molecule has 1 aromatic carbocycles. The summed E-state index contributed by atoms with van der Waals surface area (Å²) in [6, 6.07) is 5.00. The minimum Gasteiger partial charge on any atom is -0.452 e. The zero-order chi connectivity index (χ0) is 18.4. The fourth-order valence-electron chi connectivity index (χ4n) is 2.19. The van der Waals surface area contributed by atoms with Gasteiger partial charge >= 0.3 is 12.0 Å². The number of esters is 1. The van der Waals surface area contributed by atoms with Crippen molar-refractivity contribution in [3.8, 4) is 0 Å². The van der Waals surface area contributed by atoms with E-state index >= 15 is 0 Å². The topological polar surface area (TPSA) is 122 Å². The van der Waals surface area contributed by atoms with Gasteiger partial charge in [0, 0.05) is 19.4 Å². The molecule has 1 aromatic rings. The lowest BCUT2D eigenvalue weighted by molar-refractivity contribution is -0.123. The predicted octanol–water partition coefficient (Wildman–Crippen LogP) is 0.342. The lowest BCUT2D eigenvalue weighted by Gasteiger charge is -2.14. The van der Waals surface area contributed by atoms with Gasteiger partial charge in [0.15, 0.2) is 6.61 Å². The Morgan fingerprint density at radius 3 is 2.24 bits per heavy atom. The quantitative estimate of drug-likeness (QED) is 0.585. The molecule has 0 aromatic heterocycles. The lowest BCUT2D eigenvalue weighted by atomic mass is 10.2. The van der Waals surface area contributed by atoms with Crippen molar-refractivity contribution in [2.75, 3.05) is 18.1 Å². The first-order valence-corrected chi connectivity index (χ1v) is 7.63. The van der Waals surface area contributed by atoms with Crippen LogP contribution in [0.25, 0.3) is 0 Å². The summed E-state index contributed by atoms with van der Waals surface area (Å²) in [6.45, 7) is 1.44. The molecule has 0 saturated carbocycles. The second kappa shape index (κ2) is 8.04. The number of urea groups is 1. The fourth-order valence-corrected chi connectivity index (χ4v) is 2.19. The van der Waals surface area contributed by atoms with Gasteiger partial charge in [0.05, 0.1) is 11.3 Å². The highest BCUT2D eigenvalue weighted by Crippen LogP contribution is 2.22. The van der Waals surface area contributed by atoms with E-state index in [1.54, 1.807) is 6.92 Å². The first-order valence-electron chi connectivity index (χ1n) is 7.63. The first-order chi connectivity index (χ1) is 11.9. The van der Waals surface area contributed by atoms with Crippen LogP contribution >= 0.6 is 0 Å². The van der Waals surface area contributed by atoms with Gasteiger partial charge in [-0.2, -0.15) is 0 Å². The van der Waals surface area contributed by atoms with Crippen LogP contribution in [0.15, 0.2) is 24.3 Å². The molecule has 132 valence electrons. The summed E-state index contributed by atoms with van der Waals surface area (Å²) in [5.74, 6) is -2.11. The fraction of sp³-hybridized carbons (Fsp3) is 0.312. The van der Waals surface area contributed by atoms with E-state index in [1.165, 1.54) is 24.3 Å². The number of hydrogen-bond donors (Lipinski definition) is 2. The molecule has 0 bridgehead atoms. The molecule has 1 fully saturated rings. The predicted molar refractivity (Wildman–Crippen MR) is 85.7 cm³/mol. The summed E-state index contributed by atoms with van der Waals surface area (Å²) in [5, 5.41) is 4.36. The molecular formula is C16H17N3O6. The Morgan fingerprint density at radius 2 is 1.68 bits per heavy atom. The molecule has 2 rings (SSSR count). The van der Waals surface area contributed by atoms with E-state index in [1.807, 2.05) is 5.32 Å². The van der Waals surface area contributed by atoms with Crippen molar-refractivity contribution in [3.63, 3.8) is 0 Å². The summed E-state index contributed by atoms with van der Waals surface area (Å²) < 4.78 is 4.80. The van der Waals surface area contributed by atoms with Crippen LogP contribution in [0.3, 0.4) is 0 Å². The monoisotopic (exact) mass is 347 g/mol. The van der Waals surface area contributed by atoms with Gasteiger partial charge in [-0.05, 0) is 31.2 Å². The molecule has 2 N–H and O–H groups in total. The third-order valence-corrected chi connectivity index (χ3v) is 3.34. The van der Waals surface area contributed by atoms with E-state index in [-0.39, 0.29) is 30.2 Å². The zero-order valence-electron chi connectivity index (χ0n) is 13.5. The number of benzene rings is 1. The van der Waals surface area contributed by atoms with E-state index in [9.17, 15) is 24.0 Å². The Bertz CT molecular complexity index is 697. The summed E-state index contributed by atoms with van der Waals surface area (Å²) in [6.07, 6.45) is 0.340. The summed E-state index contributed by atoms with van der Waals surface area (Å²) in [4.78, 5) is 58.8. The molecule has 5 amide bonds. The number of carbonyl (C=O) groups excluding carboxylic acids is 5. The van der Waals surface area contributed by atoms with E-state index in [0.717, 1.165) is 4.90 Å². The summed E-state index contributed by atoms with van der Waals surface area (Å²) in [7, 11) is 0. The number of imide groups is 2. The van der Waals surface area contributed by atoms with Crippen molar-refractivity contribution in [1.82, 2.24) is 10.6 Å². The van der Waals surface area contributed by atoms with Crippen LogP contribution in [0.5, 0.6) is 0 Å². The van der Waals surface area contributed by atoms with Gasteiger partial charge < -0.3 is 10.1 Å². The maximum absolute atomic E-state index is 11.9. The van der Waals surface area contributed by atoms with Gasteiger partial charge in [-0.1, -0.05) is 0 Å². The Morgan fingerprint density at radius 1 is 1.08 bits per heavy atom. The van der Waals surface area contributed by atoms with Gasteiger partial charge in [-0.3, -0.25) is 24.6 Å². The SMILES string of the molecule is CCNC(=O)NC(=O)COC(=O)c1ccc(N2C(=O)CCC2=O)cc1. The molecule has 1 saturated heterocycles. The maximum atomic E-state index is 11.9. The van der Waals surface area contributed by atoms with Crippen LogP contribution in [0.1, 0.15) is 30.1 Å². The van der Waals surface area contributed by atoms with E-state index in [2.05, 4.69) is 5.32 Å². The minimum absolute atomic E-state index is 0.147. The van der Waals surface area contributed by atoms with Gasteiger partial charge in [0.25, 0.3) is 5.91 Å². The Labute approximate surface area is 143 Å². The molecule has 9 heteroatoms. The number of hydrogen-bond acceptors (Lipinski definition) is 6. The highest BCUT2D eigenvalue weighted by molar-refractivity contribution is 6.19. The van der Waals surface area contributed by atoms with Gasteiger partial charge in [0.2, 0.25) is 11.8 Å². The molecular weight excluding hydrogens is 330 g/mol. The van der Waals surface area contributed by atoms with Crippen molar-refractivity contribution in [2.45, 2.75) is 19.8 Å². The van der Waals surface area contributed by atoms with Crippen molar-refractivity contribution < 1.29 is 28.7 Å². The number of rotatable bonds is 5. The molecule has 9 nitrogen and oxygen atoms in total.